The number of carbonyl (C=O) groups excluding carboxylic acids is 1. The Bertz CT molecular complexity index is 778. The molecule has 2 rings (SSSR count). The van der Waals surface area contributed by atoms with Crippen LogP contribution in [-0.4, -0.2) is 25.2 Å². The first-order valence-corrected chi connectivity index (χ1v) is 9.19. The quantitative estimate of drug-likeness (QED) is 0.604. The Morgan fingerprint density at radius 2 is 1.87 bits per heavy atom. The number of benzene rings is 1. The number of nitrogens with one attached hydrogen (secondary N) is 2. The van der Waals surface area contributed by atoms with Gasteiger partial charge in [-0.15, -0.1) is 16.6 Å². The molecule has 0 unspecified atom stereocenters. The summed E-state index contributed by atoms with van der Waals surface area (Å²) in [6.45, 7) is 4.98. The van der Waals surface area contributed by atoms with E-state index >= 15 is 0 Å². The Hall–Kier alpha value is -1.84. The van der Waals surface area contributed by atoms with E-state index < -0.39 is 15.9 Å². The van der Waals surface area contributed by atoms with Gasteiger partial charge in [0, 0.05) is 4.90 Å². The van der Waals surface area contributed by atoms with Gasteiger partial charge in [-0.3, -0.25) is 10.2 Å². The zero-order valence-electron chi connectivity index (χ0n) is 12.9. The van der Waals surface area contributed by atoms with Crippen LogP contribution in [0.1, 0.15) is 17.0 Å². The Morgan fingerprint density at radius 1 is 1.22 bits per heavy atom. The lowest BCUT2D eigenvalue weighted by atomic mass is 10.2. The molecule has 0 aliphatic heterocycles. The normalized spacial score (nSPS) is 11.4. The molecule has 9 heteroatoms. The molecule has 1 heterocycles. The monoisotopic (exact) mass is 355 g/mol. The van der Waals surface area contributed by atoms with Crippen LogP contribution >= 0.6 is 11.8 Å². The summed E-state index contributed by atoms with van der Waals surface area (Å²) in [5.74, 6) is -0.197. The van der Waals surface area contributed by atoms with Crippen molar-refractivity contribution in [3.63, 3.8) is 0 Å². The van der Waals surface area contributed by atoms with Crippen LogP contribution in [0.5, 0.6) is 0 Å². The molecule has 0 spiro atoms. The lowest BCUT2D eigenvalue weighted by Crippen LogP contribution is -2.42. The number of aryl methyl sites for hydroxylation is 3. The molecule has 0 atom stereocenters. The maximum atomic E-state index is 12.1. The number of carbonyl (C=O) groups is 1. The van der Waals surface area contributed by atoms with Crippen LogP contribution in [0.15, 0.2) is 38.6 Å². The van der Waals surface area contributed by atoms with Crippen molar-refractivity contribution in [1.29, 1.82) is 0 Å². The Kier molecular flexibility index (Phi) is 5.45. The smallest absolute Gasteiger partial charge is 0.262 e. The second-order valence-electron chi connectivity index (χ2n) is 4.91. The van der Waals surface area contributed by atoms with Gasteiger partial charge in [0.2, 0.25) is 5.91 Å². The van der Waals surface area contributed by atoms with E-state index in [2.05, 4.69) is 10.6 Å². The summed E-state index contributed by atoms with van der Waals surface area (Å²) in [7, 11) is -3.91. The standard InChI is InChI=1S/C14H17N3O4S2/c1-9-4-6-12(7-5-9)22-8-13(18)15-17-23(19,20)14-10(2)16-21-11(14)3/h4-7,17H,8H2,1-3H3,(H,15,18). The van der Waals surface area contributed by atoms with E-state index in [9.17, 15) is 13.2 Å². The van der Waals surface area contributed by atoms with Gasteiger partial charge in [0.25, 0.3) is 10.0 Å². The van der Waals surface area contributed by atoms with E-state index in [1.807, 2.05) is 36.0 Å². The van der Waals surface area contributed by atoms with Crippen LogP contribution in [0, 0.1) is 20.8 Å². The predicted octanol–water partition coefficient (Wildman–Crippen LogP) is 1.70. The molecule has 1 aromatic carbocycles. The molecule has 124 valence electrons. The number of aromatic nitrogens is 1. The lowest BCUT2D eigenvalue weighted by molar-refractivity contribution is -0.119. The molecule has 0 bridgehead atoms. The second-order valence-corrected chi connectivity index (χ2v) is 7.58. The molecule has 0 aliphatic carbocycles. The van der Waals surface area contributed by atoms with Gasteiger partial charge >= 0.3 is 0 Å². The van der Waals surface area contributed by atoms with E-state index in [1.54, 1.807) is 0 Å². The van der Waals surface area contributed by atoms with E-state index in [1.165, 1.54) is 25.6 Å². The first-order valence-electron chi connectivity index (χ1n) is 6.72. The van der Waals surface area contributed by atoms with Crippen molar-refractivity contribution >= 4 is 27.7 Å². The summed E-state index contributed by atoms with van der Waals surface area (Å²) in [5, 5.41) is 3.58. The number of hydrogen-bond acceptors (Lipinski definition) is 6. The summed E-state index contributed by atoms with van der Waals surface area (Å²) in [5.41, 5.74) is 3.55. The van der Waals surface area contributed by atoms with E-state index in [0.29, 0.717) is 0 Å². The second kappa shape index (κ2) is 7.16. The van der Waals surface area contributed by atoms with Crippen molar-refractivity contribution in [2.24, 2.45) is 0 Å². The summed E-state index contributed by atoms with van der Waals surface area (Å²) in [6, 6.07) is 7.70. The highest BCUT2D eigenvalue weighted by molar-refractivity contribution is 8.00. The third-order valence-electron chi connectivity index (χ3n) is 2.95. The first-order chi connectivity index (χ1) is 10.8. The molecule has 1 amide bonds. The van der Waals surface area contributed by atoms with E-state index in [0.717, 1.165) is 10.5 Å². The molecule has 2 N–H and O–H groups in total. The predicted molar refractivity (Wildman–Crippen MR) is 86.3 cm³/mol. The van der Waals surface area contributed by atoms with Crippen LogP contribution < -0.4 is 10.3 Å². The SMILES string of the molecule is Cc1ccc(SCC(=O)NNS(=O)(=O)c2c(C)noc2C)cc1. The number of hydrazine groups is 1. The fourth-order valence-electron chi connectivity index (χ4n) is 1.85. The van der Waals surface area contributed by atoms with Crippen LogP contribution in [0.25, 0.3) is 0 Å². The molecule has 0 fully saturated rings. The maximum Gasteiger partial charge on any atom is 0.262 e. The van der Waals surface area contributed by atoms with Crippen molar-refractivity contribution in [2.75, 3.05) is 5.75 Å². The molecular formula is C14H17N3O4S2. The minimum atomic E-state index is -3.91. The Morgan fingerprint density at radius 3 is 2.43 bits per heavy atom. The molecule has 0 saturated heterocycles. The van der Waals surface area contributed by atoms with Crippen molar-refractivity contribution in [3.05, 3.63) is 41.3 Å². The number of amides is 1. The van der Waals surface area contributed by atoms with Crippen LogP contribution in [0.3, 0.4) is 0 Å². The molecule has 2 aromatic rings. The molecular weight excluding hydrogens is 338 g/mol. The van der Waals surface area contributed by atoms with Crippen molar-refractivity contribution in [1.82, 2.24) is 15.4 Å². The highest BCUT2D eigenvalue weighted by atomic mass is 32.2. The first kappa shape index (κ1) is 17.5. The third kappa shape index (κ3) is 4.57. The lowest BCUT2D eigenvalue weighted by Gasteiger charge is -2.08. The minimum Gasteiger partial charge on any atom is -0.360 e. The zero-order valence-corrected chi connectivity index (χ0v) is 14.5. The average Bonchev–Trinajstić information content (AvgIpc) is 2.84. The maximum absolute atomic E-state index is 12.1. The van der Waals surface area contributed by atoms with Gasteiger partial charge in [0.05, 0.1) is 5.75 Å². The minimum absolute atomic E-state index is 0.0658. The largest absolute Gasteiger partial charge is 0.360 e. The van der Waals surface area contributed by atoms with Crippen molar-refractivity contribution in [3.8, 4) is 0 Å². The van der Waals surface area contributed by atoms with Crippen LogP contribution in [0.2, 0.25) is 0 Å². The fourth-order valence-corrected chi connectivity index (χ4v) is 3.74. The summed E-state index contributed by atoms with van der Waals surface area (Å²) in [4.78, 5) is 14.7. The Balaban J connectivity index is 1.90. The van der Waals surface area contributed by atoms with Crippen molar-refractivity contribution < 1.29 is 17.7 Å². The topological polar surface area (TPSA) is 101 Å². The number of sulfonamides is 1. The van der Waals surface area contributed by atoms with E-state index in [-0.39, 0.29) is 22.1 Å². The van der Waals surface area contributed by atoms with Gasteiger partial charge in [-0.2, -0.15) is 0 Å². The molecule has 23 heavy (non-hydrogen) atoms. The van der Waals surface area contributed by atoms with Gasteiger partial charge in [-0.1, -0.05) is 22.9 Å². The van der Waals surface area contributed by atoms with Gasteiger partial charge in [-0.05, 0) is 32.9 Å². The number of nitrogens with zero attached hydrogens (tertiary/aromatic N) is 1. The highest BCUT2D eigenvalue weighted by Gasteiger charge is 2.24. The summed E-state index contributed by atoms with van der Waals surface area (Å²) in [6.07, 6.45) is 0. The van der Waals surface area contributed by atoms with Gasteiger partial charge in [-0.25, -0.2) is 8.42 Å². The molecule has 0 radical (unpaired) electrons. The third-order valence-corrected chi connectivity index (χ3v) is 5.46. The number of rotatable bonds is 6. The molecule has 7 nitrogen and oxygen atoms in total. The van der Waals surface area contributed by atoms with E-state index in [4.69, 9.17) is 4.52 Å². The fraction of sp³-hybridized carbons (Fsp3) is 0.286. The summed E-state index contributed by atoms with van der Waals surface area (Å²) < 4.78 is 29.1. The van der Waals surface area contributed by atoms with Gasteiger partial charge in [0.15, 0.2) is 5.76 Å². The van der Waals surface area contributed by atoms with Gasteiger partial charge < -0.3 is 4.52 Å². The van der Waals surface area contributed by atoms with Crippen LogP contribution in [0.4, 0.5) is 0 Å². The number of hydrogen-bond donors (Lipinski definition) is 2. The highest BCUT2D eigenvalue weighted by Crippen LogP contribution is 2.19. The molecule has 0 saturated carbocycles. The molecule has 0 aliphatic rings. The van der Waals surface area contributed by atoms with Crippen molar-refractivity contribution in [2.45, 2.75) is 30.6 Å². The average molecular weight is 355 g/mol. The summed E-state index contributed by atoms with van der Waals surface area (Å²) >= 11 is 1.31. The Labute approximate surface area is 138 Å². The molecule has 1 aromatic heterocycles. The number of thioether (sulfide) groups is 1. The zero-order chi connectivity index (χ0) is 17.0. The van der Waals surface area contributed by atoms with Crippen LogP contribution in [-0.2, 0) is 14.8 Å². The van der Waals surface area contributed by atoms with Gasteiger partial charge in [0.1, 0.15) is 10.6 Å².